The van der Waals surface area contributed by atoms with Crippen molar-refractivity contribution in [2.45, 2.75) is 26.8 Å². The Kier molecular flexibility index (Phi) is 5.17. The third-order valence-electron chi connectivity index (χ3n) is 5.36. The summed E-state index contributed by atoms with van der Waals surface area (Å²) in [4.78, 5) is 31.7. The zero-order valence-electron chi connectivity index (χ0n) is 16.4. The minimum absolute atomic E-state index is 0.0639. The first kappa shape index (κ1) is 18.7. The van der Waals surface area contributed by atoms with Gasteiger partial charge in [0.05, 0.1) is 6.33 Å². The van der Waals surface area contributed by atoms with Gasteiger partial charge in [0, 0.05) is 31.6 Å². The number of piperidine rings is 1. The van der Waals surface area contributed by atoms with Crippen LogP contribution in [0.1, 0.15) is 20.3 Å². The lowest BCUT2D eigenvalue weighted by atomic mass is 9.92. The van der Waals surface area contributed by atoms with Crippen LogP contribution in [0, 0.1) is 11.8 Å². The second-order valence-electron chi connectivity index (χ2n) is 8.01. The van der Waals surface area contributed by atoms with E-state index in [0.29, 0.717) is 29.5 Å². The summed E-state index contributed by atoms with van der Waals surface area (Å²) in [7, 11) is 0. The maximum Gasteiger partial charge on any atom is 0.297 e. The van der Waals surface area contributed by atoms with Crippen molar-refractivity contribution >= 4 is 28.0 Å². The fraction of sp³-hybridized carbons (Fsp3) is 0.476. The summed E-state index contributed by atoms with van der Waals surface area (Å²) in [6, 6.07) is 7.39. The third-order valence-corrected chi connectivity index (χ3v) is 5.36. The van der Waals surface area contributed by atoms with E-state index in [0.717, 1.165) is 25.0 Å². The molecule has 1 aliphatic heterocycles. The molecule has 3 heterocycles. The number of benzene rings is 1. The van der Waals surface area contributed by atoms with E-state index in [4.69, 9.17) is 4.42 Å². The van der Waals surface area contributed by atoms with Crippen LogP contribution >= 0.6 is 0 Å². The van der Waals surface area contributed by atoms with Gasteiger partial charge in [-0.25, -0.2) is 4.98 Å². The SMILES string of the molecule is CC1CC(C)CN(CCNC(=O)Cn2cnc3c(oc4ccccc43)c2=O)C1. The van der Waals surface area contributed by atoms with Gasteiger partial charge in [-0.05, 0) is 30.4 Å². The van der Waals surface area contributed by atoms with Crippen molar-refractivity contribution in [1.82, 2.24) is 19.8 Å². The van der Waals surface area contributed by atoms with Crippen molar-refractivity contribution < 1.29 is 9.21 Å². The number of nitrogens with zero attached hydrogens (tertiary/aromatic N) is 3. The average Bonchev–Trinajstić information content (AvgIpc) is 3.03. The maximum absolute atomic E-state index is 12.7. The van der Waals surface area contributed by atoms with Crippen LogP contribution in [-0.4, -0.2) is 46.5 Å². The average molecular weight is 382 g/mol. The molecule has 1 aliphatic rings. The van der Waals surface area contributed by atoms with Gasteiger partial charge in [0.2, 0.25) is 11.5 Å². The molecule has 1 amide bonds. The number of carbonyl (C=O) groups excluding carboxylic acids is 1. The van der Waals surface area contributed by atoms with Gasteiger partial charge in [-0.1, -0.05) is 26.0 Å². The van der Waals surface area contributed by atoms with E-state index >= 15 is 0 Å². The predicted molar refractivity (Wildman–Crippen MR) is 108 cm³/mol. The van der Waals surface area contributed by atoms with E-state index in [1.807, 2.05) is 18.2 Å². The maximum atomic E-state index is 12.7. The summed E-state index contributed by atoms with van der Waals surface area (Å²) in [5, 5.41) is 3.71. The molecule has 2 atom stereocenters. The molecule has 1 saturated heterocycles. The molecule has 1 N–H and O–H groups in total. The zero-order chi connectivity index (χ0) is 19.7. The van der Waals surface area contributed by atoms with Crippen LogP contribution in [0.2, 0.25) is 0 Å². The number of aromatic nitrogens is 2. The molecule has 0 saturated carbocycles. The van der Waals surface area contributed by atoms with Gasteiger partial charge < -0.3 is 14.6 Å². The fourth-order valence-electron chi connectivity index (χ4n) is 4.27. The summed E-state index contributed by atoms with van der Waals surface area (Å²) >= 11 is 0. The smallest absolute Gasteiger partial charge is 0.297 e. The van der Waals surface area contributed by atoms with Gasteiger partial charge in [-0.3, -0.25) is 14.2 Å². The minimum atomic E-state index is -0.338. The van der Waals surface area contributed by atoms with Crippen molar-refractivity contribution in [3.63, 3.8) is 0 Å². The van der Waals surface area contributed by atoms with Crippen LogP contribution < -0.4 is 10.9 Å². The highest BCUT2D eigenvalue weighted by Crippen LogP contribution is 2.24. The second kappa shape index (κ2) is 7.75. The molecule has 28 heavy (non-hydrogen) atoms. The number of hydrogen-bond acceptors (Lipinski definition) is 5. The molecule has 4 rings (SSSR count). The van der Waals surface area contributed by atoms with Gasteiger partial charge in [0.1, 0.15) is 17.6 Å². The third kappa shape index (κ3) is 3.80. The highest BCUT2D eigenvalue weighted by Gasteiger charge is 2.21. The molecule has 7 heteroatoms. The number of rotatable bonds is 5. The molecular weight excluding hydrogens is 356 g/mol. The molecular formula is C21H26N4O3. The van der Waals surface area contributed by atoms with Crippen molar-refractivity contribution in [3.8, 4) is 0 Å². The molecule has 1 aromatic carbocycles. The largest absolute Gasteiger partial charge is 0.448 e. The van der Waals surface area contributed by atoms with Gasteiger partial charge in [0.25, 0.3) is 5.56 Å². The van der Waals surface area contributed by atoms with Gasteiger partial charge in [-0.2, -0.15) is 0 Å². The summed E-state index contributed by atoms with van der Waals surface area (Å²) in [5.74, 6) is 1.19. The van der Waals surface area contributed by atoms with Crippen LogP contribution in [0.4, 0.5) is 0 Å². The number of amides is 1. The Morgan fingerprint density at radius 2 is 2.00 bits per heavy atom. The van der Waals surface area contributed by atoms with Crippen LogP contribution in [0.25, 0.3) is 22.1 Å². The van der Waals surface area contributed by atoms with Gasteiger partial charge >= 0.3 is 0 Å². The van der Waals surface area contributed by atoms with E-state index in [-0.39, 0.29) is 23.6 Å². The second-order valence-corrected chi connectivity index (χ2v) is 8.01. The molecule has 0 radical (unpaired) electrons. The molecule has 2 unspecified atom stereocenters. The summed E-state index contributed by atoms with van der Waals surface area (Å²) in [6.45, 7) is 8.04. The first-order valence-electron chi connectivity index (χ1n) is 9.87. The molecule has 0 bridgehead atoms. The lowest BCUT2D eigenvalue weighted by molar-refractivity contribution is -0.121. The highest BCUT2D eigenvalue weighted by atomic mass is 16.3. The van der Waals surface area contributed by atoms with E-state index < -0.39 is 0 Å². The highest BCUT2D eigenvalue weighted by molar-refractivity contribution is 6.01. The molecule has 3 aromatic rings. The topological polar surface area (TPSA) is 80.4 Å². The fourth-order valence-corrected chi connectivity index (χ4v) is 4.27. The van der Waals surface area contributed by atoms with E-state index in [2.05, 4.69) is 29.0 Å². The van der Waals surface area contributed by atoms with Crippen molar-refractivity contribution in [1.29, 1.82) is 0 Å². The lowest BCUT2D eigenvalue weighted by Crippen LogP contribution is -2.43. The molecule has 148 valence electrons. The van der Waals surface area contributed by atoms with Crippen LogP contribution in [0.5, 0.6) is 0 Å². The molecule has 0 aliphatic carbocycles. The molecule has 7 nitrogen and oxygen atoms in total. The molecule has 2 aromatic heterocycles. The predicted octanol–water partition coefficient (Wildman–Crippen LogP) is 2.24. The normalized spacial score (nSPS) is 20.6. The van der Waals surface area contributed by atoms with E-state index in [1.165, 1.54) is 17.3 Å². The van der Waals surface area contributed by atoms with Crippen LogP contribution in [0.3, 0.4) is 0 Å². The summed E-state index contributed by atoms with van der Waals surface area (Å²) < 4.78 is 6.95. The quantitative estimate of drug-likeness (QED) is 0.732. The van der Waals surface area contributed by atoms with Crippen molar-refractivity contribution in [2.24, 2.45) is 11.8 Å². The standard InChI is InChI=1S/C21H26N4O3/c1-14-9-15(2)11-24(10-14)8-7-22-18(26)12-25-13-23-19-16-5-3-4-6-17(16)28-20(19)21(25)27/h3-6,13-15H,7-12H2,1-2H3,(H,22,26). The van der Waals surface area contributed by atoms with E-state index in [1.54, 1.807) is 6.07 Å². The Morgan fingerprint density at radius 3 is 2.79 bits per heavy atom. The minimum Gasteiger partial charge on any atom is -0.448 e. The number of hydrogen-bond donors (Lipinski definition) is 1. The lowest BCUT2D eigenvalue weighted by Gasteiger charge is -2.34. The Hall–Kier alpha value is -2.67. The number of furan rings is 1. The molecule has 0 spiro atoms. The van der Waals surface area contributed by atoms with Crippen molar-refractivity contribution in [2.75, 3.05) is 26.2 Å². The zero-order valence-corrected chi connectivity index (χ0v) is 16.4. The number of para-hydroxylation sites is 1. The first-order chi connectivity index (χ1) is 13.5. The Labute approximate surface area is 163 Å². The van der Waals surface area contributed by atoms with Crippen molar-refractivity contribution in [3.05, 3.63) is 40.9 Å². The monoisotopic (exact) mass is 382 g/mol. The van der Waals surface area contributed by atoms with Gasteiger partial charge in [0.15, 0.2) is 0 Å². The number of carbonyl (C=O) groups is 1. The number of likely N-dealkylation sites (tertiary alicyclic amines) is 1. The summed E-state index contributed by atoms with van der Waals surface area (Å²) in [5.41, 5.74) is 1.00. The van der Waals surface area contributed by atoms with Crippen LogP contribution in [0.15, 0.2) is 39.8 Å². The van der Waals surface area contributed by atoms with Gasteiger partial charge in [-0.15, -0.1) is 0 Å². The Morgan fingerprint density at radius 1 is 1.25 bits per heavy atom. The number of fused-ring (bicyclic) bond motifs is 3. The Bertz CT molecular complexity index is 1040. The first-order valence-corrected chi connectivity index (χ1v) is 9.87. The molecule has 1 fully saturated rings. The summed E-state index contributed by atoms with van der Waals surface area (Å²) in [6.07, 6.45) is 2.68. The Balaban J connectivity index is 1.39. The van der Waals surface area contributed by atoms with E-state index in [9.17, 15) is 9.59 Å². The van der Waals surface area contributed by atoms with Crippen LogP contribution in [-0.2, 0) is 11.3 Å². The number of nitrogens with one attached hydrogen (secondary N) is 1.